The van der Waals surface area contributed by atoms with Crippen LogP contribution in [0.25, 0.3) is 0 Å². The Morgan fingerprint density at radius 3 is 2.64 bits per heavy atom. The van der Waals surface area contributed by atoms with Crippen LogP contribution in [0.4, 0.5) is 4.39 Å². The van der Waals surface area contributed by atoms with Gasteiger partial charge in [0, 0.05) is 6.42 Å². The SMILES string of the molecule is CC(c1ccc(F)cc1)n1c(CC2CCCCC2)noc1=O. The summed E-state index contributed by atoms with van der Waals surface area (Å²) in [4.78, 5) is 12.0. The fourth-order valence-corrected chi connectivity index (χ4v) is 3.34. The third-order valence-electron chi connectivity index (χ3n) is 4.64. The molecule has 0 aliphatic heterocycles. The van der Waals surface area contributed by atoms with Gasteiger partial charge in [-0.1, -0.05) is 49.4 Å². The van der Waals surface area contributed by atoms with Crippen molar-refractivity contribution in [3.8, 4) is 0 Å². The summed E-state index contributed by atoms with van der Waals surface area (Å²) in [6.45, 7) is 1.91. The summed E-state index contributed by atoms with van der Waals surface area (Å²) in [5.74, 6) is 0.553. The lowest BCUT2D eigenvalue weighted by atomic mass is 9.87. The summed E-state index contributed by atoms with van der Waals surface area (Å²) in [5.41, 5.74) is 0.872. The van der Waals surface area contributed by atoms with E-state index in [9.17, 15) is 9.18 Å². The Bertz CT molecular complexity index is 669. The minimum absolute atomic E-state index is 0.210. The lowest BCUT2D eigenvalue weighted by molar-refractivity contribution is 0.338. The Morgan fingerprint density at radius 1 is 1.27 bits per heavy atom. The Kier molecular flexibility index (Phi) is 4.41. The molecule has 1 aromatic heterocycles. The highest BCUT2D eigenvalue weighted by Crippen LogP contribution is 2.27. The van der Waals surface area contributed by atoms with Crippen molar-refractivity contribution in [2.75, 3.05) is 0 Å². The summed E-state index contributed by atoms with van der Waals surface area (Å²) in [7, 11) is 0. The Hall–Kier alpha value is -1.91. The van der Waals surface area contributed by atoms with Crippen molar-refractivity contribution < 1.29 is 8.91 Å². The van der Waals surface area contributed by atoms with Crippen LogP contribution in [-0.4, -0.2) is 9.72 Å². The molecular weight excluding hydrogens is 283 g/mol. The maximum atomic E-state index is 13.1. The number of nitrogens with zero attached hydrogens (tertiary/aromatic N) is 2. The molecule has 0 bridgehead atoms. The second kappa shape index (κ2) is 6.46. The van der Waals surface area contributed by atoms with E-state index < -0.39 is 5.76 Å². The van der Waals surface area contributed by atoms with Gasteiger partial charge in [0.25, 0.3) is 0 Å². The molecule has 1 fully saturated rings. The molecule has 22 heavy (non-hydrogen) atoms. The highest BCUT2D eigenvalue weighted by Gasteiger charge is 2.22. The van der Waals surface area contributed by atoms with Gasteiger partial charge in [-0.15, -0.1) is 0 Å². The average Bonchev–Trinajstić information content (AvgIpc) is 2.89. The van der Waals surface area contributed by atoms with Crippen LogP contribution in [0, 0.1) is 11.7 Å². The summed E-state index contributed by atoms with van der Waals surface area (Å²) in [6.07, 6.45) is 6.95. The molecule has 1 heterocycles. The monoisotopic (exact) mass is 304 g/mol. The molecule has 4 nitrogen and oxygen atoms in total. The predicted molar refractivity (Wildman–Crippen MR) is 81.3 cm³/mol. The molecule has 3 rings (SSSR count). The van der Waals surface area contributed by atoms with E-state index in [1.165, 1.54) is 44.2 Å². The van der Waals surface area contributed by atoms with Gasteiger partial charge in [-0.05, 0) is 30.5 Å². The van der Waals surface area contributed by atoms with Crippen LogP contribution in [0.1, 0.15) is 56.5 Å². The van der Waals surface area contributed by atoms with Crippen LogP contribution < -0.4 is 5.76 Å². The second-order valence-corrected chi connectivity index (χ2v) is 6.17. The van der Waals surface area contributed by atoms with Crippen molar-refractivity contribution in [2.45, 2.75) is 51.5 Å². The number of aromatic nitrogens is 2. The molecule has 0 spiro atoms. The number of hydrogen-bond donors (Lipinski definition) is 0. The molecule has 0 radical (unpaired) electrons. The van der Waals surface area contributed by atoms with E-state index in [1.54, 1.807) is 16.7 Å². The van der Waals surface area contributed by atoms with Crippen LogP contribution >= 0.6 is 0 Å². The van der Waals surface area contributed by atoms with Gasteiger partial charge in [-0.2, -0.15) is 0 Å². The largest absolute Gasteiger partial charge is 0.442 e. The molecule has 1 aliphatic carbocycles. The van der Waals surface area contributed by atoms with Crippen LogP contribution in [0.3, 0.4) is 0 Å². The third kappa shape index (κ3) is 3.13. The van der Waals surface area contributed by atoms with Crippen molar-refractivity contribution in [2.24, 2.45) is 5.92 Å². The van der Waals surface area contributed by atoms with E-state index in [1.807, 2.05) is 6.92 Å². The van der Waals surface area contributed by atoms with E-state index >= 15 is 0 Å². The summed E-state index contributed by atoms with van der Waals surface area (Å²) < 4.78 is 19.5. The smallest absolute Gasteiger partial charge is 0.296 e. The second-order valence-electron chi connectivity index (χ2n) is 6.17. The van der Waals surface area contributed by atoms with E-state index in [2.05, 4.69) is 5.16 Å². The van der Waals surface area contributed by atoms with Gasteiger partial charge >= 0.3 is 5.76 Å². The molecule has 5 heteroatoms. The van der Waals surface area contributed by atoms with Crippen molar-refractivity contribution in [3.05, 3.63) is 52.0 Å². The average molecular weight is 304 g/mol. The number of benzene rings is 1. The molecule has 0 N–H and O–H groups in total. The van der Waals surface area contributed by atoms with Gasteiger partial charge in [0.05, 0.1) is 6.04 Å². The summed E-state index contributed by atoms with van der Waals surface area (Å²) in [6, 6.07) is 6.00. The van der Waals surface area contributed by atoms with Gasteiger partial charge in [-0.3, -0.25) is 9.09 Å². The van der Waals surface area contributed by atoms with Gasteiger partial charge in [0.2, 0.25) is 0 Å². The standard InChI is InChI=1S/C17H21FN2O2/c1-12(14-7-9-15(18)10-8-14)20-16(19-22-17(20)21)11-13-5-3-2-4-6-13/h7-10,12-13H,2-6,11H2,1H3. The van der Waals surface area contributed by atoms with Gasteiger partial charge < -0.3 is 0 Å². The molecule has 1 aromatic carbocycles. The lowest BCUT2D eigenvalue weighted by Crippen LogP contribution is -2.23. The number of hydrogen-bond acceptors (Lipinski definition) is 3. The highest BCUT2D eigenvalue weighted by atomic mass is 19.1. The topological polar surface area (TPSA) is 48.0 Å². The predicted octanol–water partition coefficient (Wildman–Crippen LogP) is 3.71. The van der Waals surface area contributed by atoms with Crippen LogP contribution in [0.15, 0.2) is 33.6 Å². The molecule has 1 atom stereocenters. The number of rotatable bonds is 4. The van der Waals surface area contributed by atoms with Crippen molar-refractivity contribution >= 4 is 0 Å². The highest BCUT2D eigenvalue weighted by molar-refractivity contribution is 5.20. The van der Waals surface area contributed by atoms with E-state index in [-0.39, 0.29) is 11.9 Å². The third-order valence-corrected chi connectivity index (χ3v) is 4.64. The number of halogens is 1. The molecule has 0 saturated heterocycles. The zero-order chi connectivity index (χ0) is 15.5. The van der Waals surface area contributed by atoms with Crippen molar-refractivity contribution in [1.82, 2.24) is 9.72 Å². The molecular formula is C17H21FN2O2. The maximum Gasteiger partial charge on any atom is 0.442 e. The maximum absolute atomic E-state index is 13.1. The fourth-order valence-electron chi connectivity index (χ4n) is 3.34. The van der Waals surface area contributed by atoms with Gasteiger partial charge in [0.15, 0.2) is 5.82 Å². The van der Waals surface area contributed by atoms with E-state index in [0.29, 0.717) is 11.7 Å². The van der Waals surface area contributed by atoms with Crippen LogP contribution in [0.2, 0.25) is 0 Å². The van der Waals surface area contributed by atoms with Crippen molar-refractivity contribution in [1.29, 1.82) is 0 Å². The van der Waals surface area contributed by atoms with E-state index in [4.69, 9.17) is 4.52 Å². The van der Waals surface area contributed by atoms with Gasteiger partial charge in [-0.25, -0.2) is 9.18 Å². The molecule has 1 aliphatic rings. The van der Waals surface area contributed by atoms with Crippen LogP contribution in [-0.2, 0) is 6.42 Å². The molecule has 118 valence electrons. The zero-order valence-electron chi connectivity index (χ0n) is 12.8. The Morgan fingerprint density at radius 2 is 1.95 bits per heavy atom. The summed E-state index contributed by atoms with van der Waals surface area (Å²) in [5, 5.41) is 3.98. The first-order valence-electron chi connectivity index (χ1n) is 7.97. The lowest BCUT2D eigenvalue weighted by Gasteiger charge is -2.22. The first-order valence-corrected chi connectivity index (χ1v) is 7.97. The molecule has 1 saturated carbocycles. The minimum Gasteiger partial charge on any atom is -0.296 e. The molecule has 1 unspecified atom stereocenters. The summed E-state index contributed by atoms with van der Waals surface area (Å²) >= 11 is 0. The van der Waals surface area contributed by atoms with Crippen LogP contribution in [0.5, 0.6) is 0 Å². The Balaban J connectivity index is 1.84. The molecule has 0 amide bonds. The van der Waals surface area contributed by atoms with E-state index in [0.717, 1.165) is 12.0 Å². The first kappa shape index (κ1) is 15.0. The zero-order valence-corrected chi connectivity index (χ0v) is 12.8. The quantitative estimate of drug-likeness (QED) is 0.865. The fraction of sp³-hybridized carbons (Fsp3) is 0.529. The minimum atomic E-state index is -0.442. The first-order chi connectivity index (χ1) is 10.6. The normalized spacial score (nSPS) is 17.5. The van der Waals surface area contributed by atoms with Crippen molar-refractivity contribution in [3.63, 3.8) is 0 Å². The molecule has 2 aromatic rings. The Labute approximate surface area is 128 Å². The van der Waals surface area contributed by atoms with Gasteiger partial charge in [0.1, 0.15) is 5.82 Å².